The van der Waals surface area contributed by atoms with Crippen LogP contribution in [0.25, 0.3) is 6.08 Å². The highest BCUT2D eigenvalue weighted by Crippen LogP contribution is 2.31. The Labute approximate surface area is 285 Å². The maximum absolute atomic E-state index is 10.2. The average molecular weight is 665 g/mol. The van der Waals surface area contributed by atoms with Gasteiger partial charge in [-0.2, -0.15) is 0 Å². The molecule has 0 spiro atoms. The normalized spacial score (nSPS) is 11.8. The highest BCUT2D eigenvalue weighted by Gasteiger charge is 2.36. The Morgan fingerprint density at radius 1 is 0.851 bits per heavy atom. The van der Waals surface area contributed by atoms with Crippen LogP contribution in [0.5, 0.6) is 0 Å². The maximum atomic E-state index is 10.2. The van der Waals surface area contributed by atoms with Crippen molar-refractivity contribution in [1.29, 1.82) is 0 Å². The molecule has 0 radical (unpaired) electrons. The third kappa shape index (κ3) is 31.3. The molecule has 270 valence electrons. The minimum atomic E-state index is -0.394. The van der Waals surface area contributed by atoms with E-state index in [0.29, 0.717) is 17.6 Å². The van der Waals surface area contributed by atoms with Crippen LogP contribution in [0, 0.1) is 5.41 Å². The summed E-state index contributed by atoms with van der Waals surface area (Å²) in [6.45, 7) is 24.0. The van der Waals surface area contributed by atoms with E-state index in [4.69, 9.17) is 23.7 Å². The zero-order chi connectivity index (χ0) is 36.3. The molecule has 1 heterocycles. The molecule has 1 aromatic rings. The number of benzene rings is 1. The van der Waals surface area contributed by atoms with Gasteiger partial charge in [0.15, 0.2) is 0 Å². The van der Waals surface area contributed by atoms with Crippen LogP contribution in [-0.4, -0.2) is 87.1 Å². The zero-order valence-corrected chi connectivity index (χ0v) is 30.8. The van der Waals surface area contributed by atoms with Gasteiger partial charge < -0.3 is 33.2 Å². The Bertz CT molecular complexity index is 954. The minimum Gasteiger partial charge on any atom is -0.466 e. The fourth-order valence-corrected chi connectivity index (χ4v) is 3.30. The highest BCUT2D eigenvalue weighted by molar-refractivity contribution is 5.86. The second-order valence-corrected chi connectivity index (χ2v) is 10.9. The Kier molecular flexibility index (Phi) is 35.2. The molecule has 0 amide bonds. The van der Waals surface area contributed by atoms with Crippen LogP contribution in [0.1, 0.15) is 70.9 Å². The van der Waals surface area contributed by atoms with Crippen LogP contribution in [0.4, 0.5) is 0 Å². The van der Waals surface area contributed by atoms with Crippen molar-refractivity contribution in [3.8, 4) is 0 Å². The number of carbonyl (C=O) groups is 2. The summed E-state index contributed by atoms with van der Waals surface area (Å²) < 4.78 is 34.2. The van der Waals surface area contributed by atoms with E-state index >= 15 is 0 Å². The van der Waals surface area contributed by atoms with Gasteiger partial charge in [0.05, 0.1) is 47.3 Å². The summed E-state index contributed by atoms with van der Waals surface area (Å²) in [5, 5.41) is 0. The average Bonchev–Trinajstić information content (AvgIpc) is 3.06. The summed E-state index contributed by atoms with van der Waals surface area (Å²) >= 11 is 0. The van der Waals surface area contributed by atoms with Crippen molar-refractivity contribution in [2.24, 2.45) is 5.41 Å². The minimum absolute atomic E-state index is 0.343. The summed E-state index contributed by atoms with van der Waals surface area (Å²) in [5.41, 5.74) is 4.42. The van der Waals surface area contributed by atoms with Crippen molar-refractivity contribution in [1.82, 2.24) is 0 Å². The van der Waals surface area contributed by atoms with Crippen LogP contribution < -0.4 is 0 Å². The lowest BCUT2D eigenvalue weighted by Gasteiger charge is -2.40. The third-order valence-electron chi connectivity index (χ3n) is 6.45. The molecule has 9 heteroatoms. The van der Waals surface area contributed by atoms with Crippen molar-refractivity contribution in [2.45, 2.75) is 66.4 Å². The van der Waals surface area contributed by atoms with E-state index in [0.717, 1.165) is 51.3 Å². The van der Waals surface area contributed by atoms with Gasteiger partial charge in [-0.3, -0.25) is 0 Å². The largest absolute Gasteiger partial charge is 0.466 e. The van der Waals surface area contributed by atoms with Crippen LogP contribution in [0.15, 0.2) is 67.3 Å². The first-order valence-electron chi connectivity index (χ1n) is 15.9. The van der Waals surface area contributed by atoms with Crippen molar-refractivity contribution in [3.63, 3.8) is 0 Å². The Hall–Kier alpha value is -3.08. The molecule has 1 aromatic carbocycles. The topological polar surface area (TPSA) is 98.8 Å². The van der Waals surface area contributed by atoms with Crippen LogP contribution in [0.3, 0.4) is 0 Å². The predicted octanol–water partition coefficient (Wildman–Crippen LogP) is 7.79. The number of methoxy groups -OCH3 is 5. The van der Waals surface area contributed by atoms with E-state index in [2.05, 4.69) is 50.0 Å². The van der Waals surface area contributed by atoms with Gasteiger partial charge in [0.25, 0.3) is 0 Å². The van der Waals surface area contributed by atoms with Crippen molar-refractivity contribution < 1.29 is 42.7 Å². The molecule has 0 aromatic heterocycles. The lowest BCUT2D eigenvalue weighted by atomic mass is 9.84. The monoisotopic (exact) mass is 664 g/mol. The molecule has 1 aliphatic heterocycles. The van der Waals surface area contributed by atoms with Gasteiger partial charge >= 0.3 is 11.9 Å². The molecule has 2 rings (SSSR count). The van der Waals surface area contributed by atoms with E-state index in [1.165, 1.54) is 57.5 Å². The van der Waals surface area contributed by atoms with Crippen molar-refractivity contribution in [2.75, 3.05) is 75.2 Å². The number of hydrogen-bond donors (Lipinski definition) is 0. The van der Waals surface area contributed by atoms with Gasteiger partial charge in [0.1, 0.15) is 0 Å². The number of allylic oxidation sites excluding steroid dienone is 1. The summed E-state index contributed by atoms with van der Waals surface area (Å²) in [5.74, 6) is -0.741. The number of carbonyl (C=O) groups excluding carboxylic acids is 2. The molecule has 1 fully saturated rings. The molecule has 0 saturated carbocycles. The number of hydrogen-bond acceptors (Lipinski definition) is 9. The fraction of sp³-hybridized carbons (Fsp3) is 0.579. The summed E-state index contributed by atoms with van der Waals surface area (Å²) in [7, 11) is 7.79. The van der Waals surface area contributed by atoms with Crippen LogP contribution in [0.2, 0.25) is 0 Å². The first-order chi connectivity index (χ1) is 22.5. The van der Waals surface area contributed by atoms with E-state index in [1.807, 2.05) is 36.4 Å². The van der Waals surface area contributed by atoms with Crippen LogP contribution in [-0.2, 0) is 49.4 Å². The fourth-order valence-electron chi connectivity index (χ4n) is 3.30. The molecule has 1 saturated heterocycles. The van der Waals surface area contributed by atoms with Gasteiger partial charge in [-0.15, -0.1) is 0 Å². The molecule has 0 bridgehead atoms. The number of ether oxygens (including phenoxy) is 7. The Morgan fingerprint density at radius 3 is 1.74 bits per heavy atom. The molecule has 0 N–H and O–H groups in total. The zero-order valence-electron chi connectivity index (χ0n) is 30.8. The number of unbranched alkanes of at least 4 members (excludes halogenated alkanes) is 3. The lowest BCUT2D eigenvalue weighted by Crippen LogP contribution is -2.45. The first kappa shape index (κ1) is 48.3. The number of rotatable bonds is 17. The van der Waals surface area contributed by atoms with Crippen molar-refractivity contribution >= 4 is 18.0 Å². The Morgan fingerprint density at radius 2 is 1.45 bits per heavy atom. The van der Waals surface area contributed by atoms with E-state index < -0.39 is 5.97 Å². The van der Waals surface area contributed by atoms with E-state index in [9.17, 15) is 9.59 Å². The van der Waals surface area contributed by atoms with Crippen molar-refractivity contribution in [3.05, 3.63) is 78.4 Å². The molecule has 0 unspecified atom stereocenters. The molecule has 1 aliphatic rings. The third-order valence-corrected chi connectivity index (χ3v) is 6.45. The van der Waals surface area contributed by atoms with E-state index in [1.54, 1.807) is 28.3 Å². The molecular weight excluding hydrogens is 600 g/mol. The molecular formula is C38H64O9. The van der Waals surface area contributed by atoms with Gasteiger partial charge in [0, 0.05) is 51.6 Å². The summed E-state index contributed by atoms with van der Waals surface area (Å²) in [6, 6.07) is 8.14. The molecule has 0 aliphatic carbocycles. The van der Waals surface area contributed by atoms with Crippen LogP contribution >= 0.6 is 0 Å². The quantitative estimate of drug-likeness (QED) is 0.0715. The molecule has 47 heavy (non-hydrogen) atoms. The Balaban J connectivity index is -0.000000547. The first-order valence-corrected chi connectivity index (χ1v) is 15.9. The maximum Gasteiger partial charge on any atom is 0.332 e. The second kappa shape index (κ2) is 34.3. The smallest absolute Gasteiger partial charge is 0.332 e. The summed E-state index contributed by atoms with van der Waals surface area (Å²) in [4.78, 5) is 20.0. The lowest BCUT2D eigenvalue weighted by molar-refractivity contribution is -0.150. The SMILES string of the molecule is C=C(C)C(=O)OC.C=CC(=O)OC.C=Cc1ccc(COC)cc1.CCC1(COCCCCCCOC)COC1.COCC=C(C)C. The van der Waals surface area contributed by atoms with Gasteiger partial charge in [-0.05, 0) is 51.2 Å². The highest BCUT2D eigenvalue weighted by atomic mass is 16.5. The van der Waals surface area contributed by atoms with E-state index in [-0.39, 0.29) is 5.97 Å². The second-order valence-electron chi connectivity index (χ2n) is 10.9. The summed E-state index contributed by atoms with van der Waals surface area (Å²) in [6.07, 6.45) is 11.0. The molecule has 0 atom stereocenters. The molecule has 9 nitrogen and oxygen atoms in total. The van der Waals surface area contributed by atoms with Gasteiger partial charge in [-0.25, -0.2) is 9.59 Å². The standard InChI is InChI=1S/C13H26O3.C10H12O.C6H12O.C5H8O2.C4H6O2/c1-3-13(11-16-12-13)10-15-9-7-5-4-6-8-14-2;1-3-9-4-6-10(7-5-9)8-11-2;1-6(2)4-5-7-3;1-4(2)5(6)7-3;1-3-4(5)6-2/h3-12H2,1-2H3;3-7H,1,8H2,2H3;4H,5H2,1-3H3;1H2,2-3H3;3H,1H2,2H3. The van der Waals surface area contributed by atoms with Gasteiger partial charge in [0.2, 0.25) is 0 Å². The predicted molar refractivity (Wildman–Crippen MR) is 192 cm³/mol. The van der Waals surface area contributed by atoms with Gasteiger partial charge in [-0.1, -0.05) is 81.5 Å². The number of esters is 2.